The van der Waals surface area contributed by atoms with Gasteiger partial charge in [0, 0.05) is 6.42 Å². The molecule has 1 rings (SSSR count). The molecular formula is C9H9IO2. The number of methoxy groups -OCH3 is 1. The first-order valence-electron chi connectivity index (χ1n) is 3.53. The highest BCUT2D eigenvalue weighted by Crippen LogP contribution is 2.13. The molecule has 0 heterocycles. The highest BCUT2D eigenvalue weighted by molar-refractivity contribution is 14.1. The van der Waals surface area contributed by atoms with E-state index in [1.54, 1.807) is 29.7 Å². The standard InChI is InChI=1S/C9H9IO2/c1-12-8-4-2-3-7(5-8)6-9(10)11/h2-5H,6H2,1H3. The van der Waals surface area contributed by atoms with E-state index >= 15 is 0 Å². The van der Waals surface area contributed by atoms with Crippen LogP contribution >= 0.6 is 22.6 Å². The first kappa shape index (κ1) is 9.51. The molecule has 0 aliphatic rings. The third kappa shape index (κ3) is 2.81. The van der Waals surface area contributed by atoms with E-state index in [2.05, 4.69) is 0 Å². The molecule has 0 amide bonds. The van der Waals surface area contributed by atoms with Gasteiger partial charge in [-0.05, 0) is 40.3 Å². The maximum atomic E-state index is 10.8. The molecular weight excluding hydrogens is 267 g/mol. The summed E-state index contributed by atoms with van der Waals surface area (Å²) in [6, 6.07) is 7.53. The number of carbonyl (C=O) groups is 1. The molecule has 64 valence electrons. The normalized spacial score (nSPS) is 9.50. The Morgan fingerprint density at radius 1 is 1.58 bits per heavy atom. The monoisotopic (exact) mass is 276 g/mol. The van der Waals surface area contributed by atoms with Gasteiger partial charge < -0.3 is 4.74 Å². The van der Waals surface area contributed by atoms with Crippen molar-refractivity contribution in [3.05, 3.63) is 29.8 Å². The summed E-state index contributed by atoms with van der Waals surface area (Å²) in [5.41, 5.74) is 0.994. The van der Waals surface area contributed by atoms with Crippen LogP contribution in [-0.2, 0) is 11.2 Å². The van der Waals surface area contributed by atoms with Crippen LogP contribution in [0.2, 0.25) is 0 Å². The summed E-state index contributed by atoms with van der Waals surface area (Å²) in [5.74, 6) is 0.796. The van der Waals surface area contributed by atoms with Crippen molar-refractivity contribution in [2.45, 2.75) is 6.42 Å². The number of hydrogen-bond donors (Lipinski definition) is 0. The van der Waals surface area contributed by atoms with Crippen LogP contribution < -0.4 is 4.74 Å². The topological polar surface area (TPSA) is 26.3 Å². The summed E-state index contributed by atoms with van der Waals surface area (Å²) in [6.45, 7) is 0. The molecule has 0 saturated heterocycles. The molecule has 0 aliphatic carbocycles. The second kappa shape index (κ2) is 4.45. The molecule has 0 aliphatic heterocycles. The molecule has 0 radical (unpaired) electrons. The lowest BCUT2D eigenvalue weighted by Crippen LogP contribution is -1.93. The van der Waals surface area contributed by atoms with Gasteiger partial charge in [-0.2, -0.15) is 0 Å². The quantitative estimate of drug-likeness (QED) is 0.625. The highest BCUT2D eigenvalue weighted by atomic mass is 127. The predicted octanol–water partition coefficient (Wildman–Crippen LogP) is 2.20. The molecule has 0 fully saturated rings. The molecule has 0 atom stereocenters. The van der Waals surface area contributed by atoms with Gasteiger partial charge in [0.05, 0.1) is 7.11 Å². The van der Waals surface area contributed by atoms with Crippen molar-refractivity contribution in [1.82, 2.24) is 0 Å². The predicted molar refractivity (Wildman–Crippen MR) is 55.7 cm³/mol. The van der Waals surface area contributed by atoms with Crippen molar-refractivity contribution in [3.8, 4) is 5.75 Å². The molecule has 2 nitrogen and oxygen atoms in total. The summed E-state index contributed by atoms with van der Waals surface area (Å²) in [7, 11) is 1.62. The highest BCUT2D eigenvalue weighted by Gasteiger charge is 1.99. The second-order valence-corrected chi connectivity index (χ2v) is 3.59. The van der Waals surface area contributed by atoms with Gasteiger partial charge in [-0.25, -0.2) is 0 Å². The molecule has 0 N–H and O–H groups in total. The first-order chi connectivity index (χ1) is 5.72. The van der Waals surface area contributed by atoms with E-state index in [-0.39, 0.29) is 3.79 Å². The van der Waals surface area contributed by atoms with Crippen LogP contribution in [0.25, 0.3) is 0 Å². The lowest BCUT2D eigenvalue weighted by Gasteiger charge is -2.01. The minimum Gasteiger partial charge on any atom is -0.497 e. The Hall–Kier alpha value is -0.580. The van der Waals surface area contributed by atoms with E-state index in [1.165, 1.54) is 0 Å². The Labute approximate surface area is 85.1 Å². The molecule has 12 heavy (non-hydrogen) atoms. The Kier molecular flexibility index (Phi) is 3.52. The van der Waals surface area contributed by atoms with Crippen molar-refractivity contribution < 1.29 is 9.53 Å². The van der Waals surface area contributed by atoms with Gasteiger partial charge in [0.2, 0.25) is 0 Å². The smallest absolute Gasteiger partial charge is 0.196 e. The molecule has 0 saturated carbocycles. The number of halogens is 1. The van der Waals surface area contributed by atoms with Crippen molar-refractivity contribution in [1.29, 1.82) is 0 Å². The molecule has 0 bridgehead atoms. The zero-order valence-electron chi connectivity index (χ0n) is 6.71. The average molecular weight is 276 g/mol. The van der Waals surface area contributed by atoms with Crippen LogP contribution in [0.15, 0.2) is 24.3 Å². The van der Waals surface area contributed by atoms with Gasteiger partial charge in [-0.15, -0.1) is 0 Å². The summed E-state index contributed by atoms with van der Waals surface area (Å²) >= 11 is 1.79. The Morgan fingerprint density at radius 2 is 2.33 bits per heavy atom. The average Bonchev–Trinajstić information content (AvgIpc) is 2.03. The van der Waals surface area contributed by atoms with Gasteiger partial charge >= 0.3 is 0 Å². The Bertz CT molecular complexity index is 284. The molecule has 0 aromatic heterocycles. The SMILES string of the molecule is COc1cccc(CC(=O)I)c1. The zero-order valence-corrected chi connectivity index (χ0v) is 8.87. The number of hydrogen-bond acceptors (Lipinski definition) is 2. The Morgan fingerprint density at radius 3 is 2.92 bits per heavy atom. The summed E-state index contributed by atoms with van der Waals surface area (Å²) in [6.07, 6.45) is 0.470. The lowest BCUT2D eigenvalue weighted by molar-refractivity contribution is -0.108. The molecule has 0 unspecified atom stereocenters. The molecule has 1 aromatic carbocycles. The van der Waals surface area contributed by atoms with E-state index in [1.807, 2.05) is 24.3 Å². The zero-order chi connectivity index (χ0) is 8.97. The van der Waals surface area contributed by atoms with Gasteiger partial charge in [0.1, 0.15) is 5.75 Å². The van der Waals surface area contributed by atoms with Crippen LogP contribution in [0.3, 0.4) is 0 Å². The van der Waals surface area contributed by atoms with Crippen LogP contribution in [0.4, 0.5) is 0 Å². The minimum absolute atomic E-state index is 0.140. The van der Waals surface area contributed by atoms with Crippen LogP contribution in [-0.4, -0.2) is 10.9 Å². The lowest BCUT2D eigenvalue weighted by atomic mass is 10.2. The van der Waals surface area contributed by atoms with Crippen LogP contribution in [0.1, 0.15) is 5.56 Å². The van der Waals surface area contributed by atoms with Gasteiger partial charge in [-0.3, -0.25) is 4.79 Å². The van der Waals surface area contributed by atoms with Crippen molar-refractivity contribution >= 4 is 26.4 Å². The number of ether oxygens (including phenoxy) is 1. The summed E-state index contributed by atoms with van der Waals surface area (Å²) in [5, 5.41) is 0. The summed E-state index contributed by atoms with van der Waals surface area (Å²) in [4.78, 5) is 10.8. The fourth-order valence-electron chi connectivity index (χ4n) is 0.943. The number of rotatable bonds is 3. The molecule has 3 heteroatoms. The fourth-order valence-corrected chi connectivity index (χ4v) is 1.38. The maximum absolute atomic E-state index is 10.8. The van der Waals surface area contributed by atoms with E-state index in [4.69, 9.17) is 4.74 Å². The second-order valence-electron chi connectivity index (χ2n) is 2.38. The maximum Gasteiger partial charge on any atom is 0.196 e. The fraction of sp³-hybridized carbons (Fsp3) is 0.222. The van der Waals surface area contributed by atoms with Crippen molar-refractivity contribution in [3.63, 3.8) is 0 Å². The van der Waals surface area contributed by atoms with Gasteiger partial charge in [0.15, 0.2) is 3.79 Å². The van der Waals surface area contributed by atoms with E-state index < -0.39 is 0 Å². The summed E-state index contributed by atoms with van der Waals surface area (Å²) < 4.78 is 5.16. The Balaban J connectivity index is 2.79. The third-order valence-electron chi connectivity index (χ3n) is 1.48. The molecule has 1 aromatic rings. The van der Waals surface area contributed by atoms with Gasteiger partial charge in [0.25, 0.3) is 0 Å². The third-order valence-corrected chi connectivity index (χ3v) is 1.86. The molecule has 0 spiro atoms. The number of benzene rings is 1. The van der Waals surface area contributed by atoms with E-state index in [0.717, 1.165) is 11.3 Å². The van der Waals surface area contributed by atoms with E-state index in [9.17, 15) is 4.79 Å². The largest absolute Gasteiger partial charge is 0.497 e. The number of carbonyl (C=O) groups excluding carboxylic acids is 1. The van der Waals surface area contributed by atoms with Crippen molar-refractivity contribution in [2.24, 2.45) is 0 Å². The van der Waals surface area contributed by atoms with E-state index in [0.29, 0.717) is 6.42 Å². The first-order valence-corrected chi connectivity index (χ1v) is 4.61. The van der Waals surface area contributed by atoms with Gasteiger partial charge in [-0.1, -0.05) is 12.1 Å². The van der Waals surface area contributed by atoms with Crippen LogP contribution in [0, 0.1) is 0 Å². The minimum atomic E-state index is 0.140. The van der Waals surface area contributed by atoms with Crippen molar-refractivity contribution in [2.75, 3.05) is 7.11 Å². The van der Waals surface area contributed by atoms with Crippen LogP contribution in [0.5, 0.6) is 5.75 Å².